The number of hydrogen-bond acceptors (Lipinski definition) is 3. The van der Waals surface area contributed by atoms with E-state index in [1.807, 2.05) is 12.4 Å². The first-order valence-corrected chi connectivity index (χ1v) is 9.48. The van der Waals surface area contributed by atoms with Gasteiger partial charge in [-0.1, -0.05) is 18.2 Å². The van der Waals surface area contributed by atoms with Gasteiger partial charge in [-0.25, -0.2) is 0 Å². The molecule has 0 saturated carbocycles. The van der Waals surface area contributed by atoms with E-state index < -0.39 is 0 Å². The molecule has 134 valence electrons. The Balaban J connectivity index is 1.27. The van der Waals surface area contributed by atoms with Crippen LogP contribution in [-0.4, -0.2) is 23.1 Å². The smallest absolute Gasteiger partial charge is 0.0456 e. The molecule has 0 unspecified atom stereocenters. The van der Waals surface area contributed by atoms with Gasteiger partial charge in [0.05, 0.1) is 0 Å². The predicted octanol–water partition coefficient (Wildman–Crippen LogP) is 4.91. The molecule has 1 aliphatic heterocycles. The number of rotatable bonds is 5. The molecule has 0 bridgehead atoms. The molecule has 2 N–H and O–H groups in total. The summed E-state index contributed by atoms with van der Waals surface area (Å²) in [6, 6.07) is 19.3. The first-order valence-electron chi connectivity index (χ1n) is 9.48. The summed E-state index contributed by atoms with van der Waals surface area (Å²) >= 11 is 0. The van der Waals surface area contributed by atoms with Gasteiger partial charge in [0.2, 0.25) is 0 Å². The van der Waals surface area contributed by atoms with Gasteiger partial charge in [0, 0.05) is 59.6 Å². The molecule has 5 rings (SSSR count). The van der Waals surface area contributed by atoms with Crippen LogP contribution >= 0.6 is 0 Å². The average molecular weight is 354 g/mol. The molecule has 27 heavy (non-hydrogen) atoms. The van der Waals surface area contributed by atoms with Gasteiger partial charge in [-0.05, 0) is 60.4 Å². The van der Waals surface area contributed by atoms with E-state index in [4.69, 9.17) is 0 Å². The minimum Gasteiger partial charge on any atom is -0.385 e. The van der Waals surface area contributed by atoms with Crippen molar-refractivity contribution < 1.29 is 0 Å². The number of aromatic nitrogens is 2. The third kappa shape index (κ3) is 3.04. The minimum atomic E-state index is 0.925. The fourth-order valence-electron chi connectivity index (χ4n) is 3.98. The van der Waals surface area contributed by atoms with E-state index in [2.05, 4.69) is 81.0 Å². The van der Waals surface area contributed by atoms with Gasteiger partial charge in [0.1, 0.15) is 0 Å². The zero-order valence-electron chi connectivity index (χ0n) is 15.2. The van der Waals surface area contributed by atoms with Crippen molar-refractivity contribution in [1.82, 2.24) is 9.97 Å². The number of pyridine rings is 1. The summed E-state index contributed by atoms with van der Waals surface area (Å²) in [6.45, 7) is 1.95. The Morgan fingerprint density at radius 1 is 1.04 bits per heavy atom. The Morgan fingerprint density at radius 3 is 2.85 bits per heavy atom. The summed E-state index contributed by atoms with van der Waals surface area (Å²) in [6.07, 6.45) is 7.92. The van der Waals surface area contributed by atoms with Crippen molar-refractivity contribution in [2.24, 2.45) is 0 Å². The normalized spacial score (nSPS) is 13.1. The molecule has 0 saturated heterocycles. The van der Waals surface area contributed by atoms with E-state index in [9.17, 15) is 0 Å². The monoisotopic (exact) mass is 354 g/mol. The highest BCUT2D eigenvalue weighted by atomic mass is 15.2. The van der Waals surface area contributed by atoms with Crippen molar-refractivity contribution in [3.63, 3.8) is 0 Å². The van der Waals surface area contributed by atoms with E-state index in [0.717, 1.165) is 25.9 Å². The molecule has 0 atom stereocenters. The van der Waals surface area contributed by atoms with Crippen LogP contribution < -0.4 is 10.2 Å². The Labute approximate surface area is 158 Å². The van der Waals surface area contributed by atoms with Crippen molar-refractivity contribution in [3.8, 4) is 0 Å². The van der Waals surface area contributed by atoms with Crippen LogP contribution in [0, 0.1) is 0 Å². The Morgan fingerprint density at radius 2 is 1.93 bits per heavy atom. The van der Waals surface area contributed by atoms with Crippen molar-refractivity contribution >= 4 is 28.0 Å². The molecule has 0 amide bonds. The second-order valence-electron chi connectivity index (χ2n) is 6.99. The number of nitrogens with one attached hydrogen (secondary N) is 2. The van der Waals surface area contributed by atoms with Crippen LogP contribution in [0.1, 0.15) is 11.1 Å². The number of hydrogen-bond donors (Lipinski definition) is 2. The van der Waals surface area contributed by atoms with Gasteiger partial charge < -0.3 is 15.2 Å². The van der Waals surface area contributed by atoms with Crippen LogP contribution in [0.25, 0.3) is 10.9 Å². The molecular formula is C23H22N4. The van der Waals surface area contributed by atoms with Crippen molar-refractivity contribution in [2.75, 3.05) is 23.3 Å². The lowest BCUT2D eigenvalue weighted by molar-refractivity contribution is 0.995. The third-order valence-corrected chi connectivity index (χ3v) is 5.35. The van der Waals surface area contributed by atoms with Crippen LogP contribution in [0.5, 0.6) is 0 Å². The number of H-pyrrole nitrogens is 1. The fourth-order valence-corrected chi connectivity index (χ4v) is 3.98. The molecular weight excluding hydrogens is 332 g/mol. The molecule has 4 nitrogen and oxygen atoms in total. The summed E-state index contributed by atoms with van der Waals surface area (Å²) in [4.78, 5) is 9.84. The molecule has 2 aromatic heterocycles. The van der Waals surface area contributed by atoms with Gasteiger partial charge in [0.15, 0.2) is 0 Å². The number of anilines is 3. The van der Waals surface area contributed by atoms with Crippen LogP contribution in [-0.2, 0) is 12.8 Å². The SMILES string of the molecule is c1ccc2c(CCNc3ccc4c(c3)CCN4c3ccncc3)c[nH]c2c1. The lowest BCUT2D eigenvalue weighted by Gasteiger charge is -2.19. The molecule has 4 heteroatoms. The molecule has 0 spiro atoms. The Bertz CT molecular complexity index is 1070. The Kier molecular flexibility index (Phi) is 4.02. The third-order valence-electron chi connectivity index (χ3n) is 5.35. The molecule has 0 aliphatic carbocycles. The van der Waals surface area contributed by atoms with Gasteiger partial charge >= 0.3 is 0 Å². The number of nitrogens with zero attached hydrogens (tertiary/aromatic N) is 2. The van der Waals surface area contributed by atoms with Gasteiger partial charge in [0.25, 0.3) is 0 Å². The zero-order chi connectivity index (χ0) is 18.1. The molecule has 4 aromatic rings. The Hall–Kier alpha value is -3.27. The highest BCUT2D eigenvalue weighted by Gasteiger charge is 2.20. The maximum absolute atomic E-state index is 4.12. The molecule has 2 aromatic carbocycles. The summed E-state index contributed by atoms with van der Waals surface area (Å²) in [7, 11) is 0. The van der Waals surface area contributed by atoms with E-state index in [-0.39, 0.29) is 0 Å². The second-order valence-corrected chi connectivity index (χ2v) is 6.99. The second kappa shape index (κ2) is 6.80. The van der Waals surface area contributed by atoms with Crippen molar-refractivity contribution in [3.05, 3.63) is 84.3 Å². The molecule has 0 fully saturated rings. The highest BCUT2D eigenvalue weighted by molar-refractivity contribution is 5.83. The minimum absolute atomic E-state index is 0.925. The maximum atomic E-state index is 4.12. The fraction of sp³-hybridized carbons (Fsp3) is 0.174. The van der Waals surface area contributed by atoms with Crippen molar-refractivity contribution in [2.45, 2.75) is 12.8 Å². The highest BCUT2D eigenvalue weighted by Crippen LogP contribution is 2.35. The summed E-state index contributed by atoms with van der Waals surface area (Å²) < 4.78 is 0. The van der Waals surface area contributed by atoms with E-state index in [0.29, 0.717) is 0 Å². The first kappa shape index (κ1) is 15.9. The maximum Gasteiger partial charge on any atom is 0.0456 e. The van der Waals surface area contributed by atoms with E-state index >= 15 is 0 Å². The van der Waals surface area contributed by atoms with Crippen molar-refractivity contribution in [1.29, 1.82) is 0 Å². The molecule has 0 radical (unpaired) electrons. The quantitative estimate of drug-likeness (QED) is 0.535. The number of fused-ring (bicyclic) bond motifs is 2. The van der Waals surface area contributed by atoms with Crippen LogP contribution in [0.2, 0.25) is 0 Å². The lowest BCUT2D eigenvalue weighted by Crippen LogP contribution is -2.13. The van der Waals surface area contributed by atoms with Crippen LogP contribution in [0.15, 0.2) is 73.2 Å². The summed E-state index contributed by atoms with van der Waals surface area (Å²) in [5.74, 6) is 0. The molecule has 3 heterocycles. The number of aromatic amines is 1. The predicted molar refractivity (Wildman–Crippen MR) is 112 cm³/mol. The first-order chi connectivity index (χ1) is 13.4. The number of benzene rings is 2. The zero-order valence-corrected chi connectivity index (χ0v) is 15.2. The average Bonchev–Trinajstić information content (AvgIpc) is 3.33. The largest absolute Gasteiger partial charge is 0.385 e. The summed E-state index contributed by atoms with van der Waals surface area (Å²) in [5, 5.41) is 4.91. The van der Waals surface area contributed by atoms with Gasteiger partial charge in [-0.2, -0.15) is 0 Å². The van der Waals surface area contributed by atoms with Crippen LogP contribution in [0.4, 0.5) is 17.1 Å². The summed E-state index contributed by atoms with van der Waals surface area (Å²) in [5.41, 5.74) is 7.70. The standard InChI is InChI=1S/C23H22N4/c1-2-4-22-21(3-1)18(16-26-22)7-13-25-19-5-6-23-17(15-19)10-14-27(23)20-8-11-24-12-9-20/h1-6,8-9,11-12,15-16,25-26H,7,10,13-14H2. The van der Waals surface area contributed by atoms with Gasteiger partial charge in [-0.3, -0.25) is 4.98 Å². The lowest BCUT2D eigenvalue weighted by atomic mass is 10.1. The van der Waals surface area contributed by atoms with E-state index in [1.165, 1.54) is 39.1 Å². The topological polar surface area (TPSA) is 44.0 Å². The van der Waals surface area contributed by atoms with Crippen LogP contribution in [0.3, 0.4) is 0 Å². The molecule has 1 aliphatic rings. The number of para-hydroxylation sites is 1. The van der Waals surface area contributed by atoms with Gasteiger partial charge in [-0.15, -0.1) is 0 Å². The van der Waals surface area contributed by atoms with E-state index in [1.54, 1.807) is 0 Å².